The summed E-state index contributed by atoms with van der Waals surface area (Å²) in [4.78, 5) is 44.8. The molecule has 0 spiro atoms. The van der Waals surface area contributed by atoms with Crippen molar-refractivity contribution >= 4 is 24.3 Å². The van der Waals surface area contributed by atoms with Crippen molar-refractivity contribution in [1.82, 2.24) is 10.6 Å². The van der Waals surface area contributed by atoms with Crippen LogP contribution >= 0.6 is 0 Å². The zero-order valence-electron chi connectivity index (χ0n) is 13.2. The maximum absolute atomic E-state index is 11.7. The number of benzene rings is 1. The predicted molar refractivity (Wildman–Crippen MR) is 84.1 cm³/mol. The number of nitrogens with one attached hydrogen (secondary N) is 2. The number of hydrogen-bond donors (Lipinski definition) is 3. The summed E-state index contributed by atoms with van der Waals surface area (Å²) in [6.07, 6.45) is -0.583. The van der Waals surface area contributed by atoms with Crippen molar-refractivity contribution in [3.8, 4) is 0 Å². The van der Waals surface area contributed by atoms with E-state index in [2.05, 4.69) is 10.6 Å². The number of amides is 2. The van der Waals surface area contributed by atoms with E-state index in [1.54, 1.807) is 24.3 Å². The van der Waals surface area contributed by atoms with E-state index in [1.165, 1.54) is 6.92 Å². The van der Waals surface area contributed by atoms with Gasteiger partial charge in [0.2, 0.25) is 5.91 Å². The molecule has 130 valence electrons. The SMILES string of the molecule is CC(C=O)NC(=O)CCC(NC(=O)OCc1ccccc1)C(=O)O. The summed E-state index contributed by atoms with van der Waals surface area (Å²) in [5, 5.41) is 13.7. The highest BCUT2D eigenvalue weighted by molar-refractivity contribution is 5.82. The molecule has 3 N–H and O–H groups in total. The quantitative estimate of drug-likeness (QED) is 0.575. The van der Waals surface area contributed by atoms with E-state index in [0.717, 1.165) is 5.56 Å². The average molecular weight is 336 g/mol. The van der Waals surface area contributed by atoms with E-state index < -0.39 is 30.1 Å². The Morgan fingerprint density at radius 1 is 1.21 bits per heavy atom. The first-order valence-corrected chi connectivity index (χ1v) is 7.37. The van der Waals surface area contributed by atoms with Crippen LogP contribution in [0.3, 0.4) is 0 Å². The van der Waals surface area contributed by atoms with Gasteiger partial charge in [0.15, 0.2) is 0 Å². The fourth-order valence-electron chi connectivity index (χ4n) is 1.80. The van der Waals surface area contributed by atoms with Gasteiger partial charge in [0.1, 0.15) is 18.9 Å². The molecular formula is C16H20N2O6. The molecule has 1 aromatic carbocycles. The highest BCUT2D eigenvalue weighted by Crippen LogP contribution is 2.03. The molecule has 0 saturated heterocycles. The predicted octanol–water partition coefficient (Wildman–Crippen LogP) is 0.850. The van der Waals surface area contributed by atoms with Crippen molar-refractivity contribution in [1.29, 1.82) is 0 Å². The highest BCUT2D eigenvalue weighted by Gasteiger charge is 2.22. The van der Waals surface area contributed by atoms with E-state index >= 15 is 0 Å². The maximum Gasteiger partial charge on any atom is 0.408 e. The monoisotopic (exact) mass is 336 g/mol. The Morgan fingerprint density at radius 2 is 1.88 bits per heavy atom. The fraction of sp³-hybridized carbons (Fsp3) is 0.375. The Bertz CT molecular complexity index is 575. The van der Waals surface area contributed by atoms with Gasteiger partial charge in [-0.15, -0.1) is 0 Å². The van der Waals surface area contributed by atoms with Crippen LogP contribution in [0.25, 0.3) is 0 Å². The zero-order chi connectivity index (χ0) is 17.9. The van der Waals surface area contributed by atoms with Gasteiger partial charge in [-0.2, -0.15) is 0 Å². The van der Waals surface area contributed by atoms with E-state index in [4.69, 9.17) is 9.84 Å². The average Bonchev–Trinajstić information content (AvgIpc) is 2.57. The summed E-state index contributed by atoms with van der Waals surface area (Å²) in [6, 6.07) is 7.02. The van der Waals surface area contributed by atoms with Crippen LogP contribution in [0.2, 0.25) is 0 Å². The molecule has 8 heteroatoms. The Labute approximate surface area is 139 Å². The van der Waals surface area contributed by atoms with Gasteiger partial charge in [-0.1, -0.05) is 30.3 Å². The summed E-state index contributed by atoms with van der Waals surface area (Å²) >= 11 is 0. The second-order valence-corrected chi connectivity index (χ2v) is 5.13. The number of aldehydes is 1. The first kappa shape index (κ1) is 19.1. The van der Waals surface area contributed by atoms with Gasteiger partial charge < -0.3 is 25.3 Å². The minimum Gasteiger partial charge on any atom is -0.480 e. The van der Waals surface area contributed by atoms with Crippen LogP contribution < -0.4 is 10.6 Å². The molecule has 24 heavy (non-hydrogen) atoms. The van der Waals surface area contributed by atoms with Crippen molar-refractivity contribution in [2.24, 2.45) is 0 Å². The van der Waals surface area contributed by atoms with Gasteiger partial charge in [-0.05, 0) is 18.9 Å². The summed E-state index contributed by atoms with van der Waals surface area (Å²) in [5.74, 6) is -1.75. The number of rotatable bonds is 9. The van der Waals surface area contributed by atoms with Gasteiger partial charge in [0.05, 0.1) is 6.04 Å². The van der Waals surface area contributed by atoms with Crippen LogP contribution in [0.4, 0.5) is 4.79 Å². The Balaban J connectivity index is 2.41. The lowest BCUT2D eigenvalue weighted by molar-refractivity contribution is -0.139. The van der Waals surface area contributed by atoms with Crippen molar-refractivity contribution in [3.05, 3.63) is 35.9 Å². The zero-order valence-corrected chi connectivity index (χ0v) is 13.2. The van der Waals surface area contributed by atoms with Crippen LogP contribution in [-0.2, 0) is 25.7 Å². The molecule has 0 aromatic heterocycles. The lowest BCUT2D eigenvalue weighted by atomic mass is 10.1. The van der Waals surface area contributed by atoms with Gasteiger partial charge in [-0.25, -0.2) is 9.59 Å². The van der Waals surface area contributed by atoms with E-state index in [0.29, 0.717) is 6.29 Å². The standard InChI is InChI=1S/C16H20N2O6/c1-11(9-19)17-14(20)8-7-13(15(21)22)18-16(23)24-10-12-5-3-2-4-6-12/h2-6,9,11,13H,7-8,10H2,1H3,(H,17,20)(H,18,23)(H,21,22). The number of ether oxygens (including phenoxy) is 1. The summed E-state index contributed by atoms with van der Waals surface area (Å²) in [5.41, 5.74) is 0.766. The van der Waals surface area contributed by atoms with Crippen LogP contribution in [0.1, 0.15) is 25.3 Å². The van der Waals surface area contributed by atoms with E-state index in [-0.39, 0.29) is 19.4 Å². The second kappa shape index (κ2) is 9.98. The highest BCUT2D eigenvalue weighted by atomic mass is 16.5. The first-order chi connectivity index (χ1) is 11.4. The molecule has 1 rings (SSSR count). The Morgan fingerprint density at radius 3 is 2.46 bits per heavy atom. The van der Waals surface area contributed by atoms with Gasteiger partial charge >= 0.3 is 12.1 Å². The number of alkyl carbamates (subject to hydrolysis) is 1. The molecular weight excluding hydrogens is 316 g/mol. The molecule has 0 aliphatic heterocycles. The fourth-order valence-corrected chi connectivity index (χ4v) is 1.80. The molecule has 0 saturated carbocycles. The smallest absolute Gasteiger partial charge is 0.408 e. The molecule has 8 nitrogen and oxygen atoms in total. The topological polar surface area (TPSA) is 122 Å². The molecule has 0 fully saturated rings. The number of hydrogen-bond acceptors (Lipinski definition) is 5. The first-order valence-electron chi connectivity index (χ1n) is 7.37. The molecule has 1 aromatic rings. The van der Waals surface area contributed by atoms with Crippen LogP contribution in [0.5, 0.6) is 0 Å². The summed E-state index contributed by atoms with van der Waals surface area (Å²) in [7, 11) is 0. The minimum atomic E-state index is -1.28. The second-order valence-electron chi connectivity index (χ2n) is 5.13. The lowest BCUT2D eigenvalue weighted by Gasteiger charge is -2.15. The normalized spacial score (nSPS) is 12.5. The lowest BCUT2D eigenvalue weighted by Crippen LogP contribution is -2.42. The molecule has 2 amide bonds. The molecule has 0 bridgehead atoms. The number of carbonyl (C=O) groups excluding carboxylic acids is 3. The largest absolute Gasteiger partial charge is 0.480 e. The van der Waals surface area contributed by atoms with Gasteiger partial charge in [-0.3, -0.25) is 4.79 Å². The van der Waals surface area contributed by atoms with Crippen LogP contribution in [0, 0.1) is 0 Å². The Hall–Kier alpha value is -2.90. The number of carbonyl (C=O) groups is 4. The third-order valence-electron chi connectivity index (χ3n) is 3.06. The number of carboxylic acids is 1. The number of aliphatic carboxylic acids is 1. The number of carboxylic acid groups (broad SMARTS) is 1. The van der Waals surface area contributed by atoms with Crippen molar-refractivity contribution in [2.75, 3.05) is 0 Å². The third kappa shape index (κ3) is 7.39. The van der Waals surface area contributed by atoms with Gasteiger partial charge in [0, 0.05) is 6.42 Å². The maximum atomic E-state index is 11.7. The minimum absolute atomic E-state index is 0.0103. The third-order valence-corrected chi connectivity index (χ3v) is 3.06. The molecule has 0 aliphatic rings. The summed E-state index contributed by atoms with van der Waals surface area (Å²) in [6.45, 7) is 1.51. The molecule has 0 radical (unpaired) electrons. The van der Waals surface area contributed by atoms with Crippen molar-refractivity contribution in [2.45, 2.75) is 38.5 Å². The summed E-state index contributed by atoms with van der Waals surface area (Å²) < 4.78 is 4.94. The molecule has 0 heterocycles. The van der Waals surface area contributed by atoms with Crippen molar-refractivity contribution in [3.63, 3.8) is 0 Å². The van der Waals surface area contributed by atoms with Crippen LogP contribution in [0.15, 0.2) is 30.3 Å². The van der Waals surface area contributed by atoms with Crippen molar-refractivity contribution < 1.29 is 29.0 Å². The van der Waals surface area contributed by atoms with Gasteiger partial charge in [0.25, 0.3) is 0 Å². The van der Waals surface area contributed by atoms with E-state index in [9.17, 15) is 19.2 Å². The molecule has 2 atom stereocenters. The van der Waals surface area contributed by atoms with Crippen LogP contribution in [-0.4, -0.2) is 41.4 Å². The van der Waals surface area contributed by atoms with E-state index in [1.807, 2.05) is 6.07 Å². The Kier molecular flexibility index (Phi) is 7.97. The molecule has 0 aliphatic carbocycles. The molecule has 2 unspecified atom stereocenters.